The van der Waals surface area contributed by atoms with Gasteiger partial charge in [-0.05, 0) is 36.2 Å². The SMILES string of the molecule is COc1ccc(CCc2nc(NC(=O)Cc3csc(-n4cccc4)n3)n[nH]2)cc1. The van der Waals surface area contributed by atoms with Gasteiger partial charge in [-0.3, -0.25) is 15.2 Å². The molecular weight excluding hydrogens is 388 g/mol. The first kappa shape index (κ1) is 18.9. The number of nitrogens with one attached hydrogen (secondary N) is 2. The van der Waals surface area contributed by atoms with Crippen molar-refractivity contribution in [3.63, 3.8) is 0 Å². The number of hydrogen-bond acceptors (Lipinski definition) is 6. The van der Waals surface area contributed by atoms with E-state index < -0.39 is 0 Å². The fourth-order valence-electron chi connectivity index (χ4n) is 2.81. The predicted molar refractivity (Wildman–Crippen MR) is 111 cm³/mol. The average molecular weight is 408 g/mol. The molecule has 0 unspecified atom stereocenters. The van der Waals surface area contributed by atoms with Crippen LogP contribution in [0.5, 0.6) is 5.75 Å². The van der Waals surface area contributed by atoms with Crippen LogP contribution in [0.1, 0.15) is 17.1 Å². The van der Waals surface area contributed by atoms with Crippen LogP contribution in [-0.2, 0) is 24.1 Å². The van der Waals surface area contributed by atoms with E-state index >= 15 is 0 Å². The van der Waals surface area contributed by atoms with E-state index in [0.29, 0.717) is 12.1 Å². The summed E-state index contributed by atoms with van der Waals surface area (Å²) in [5.41, 5.74) is 1.89. The molecular formula is C20H20N6O2S. The number of carbonyl (C=O) groups excluding carboxylic acids is 1. The first-order valence-corrected chi connectivity index (χ1v) is 9.99. The van der Waals surface area contributed by atoms with Gasteiger partial charge in [0.2, 0.25) is 11.9 Å². The summed E-state index contributed by atoms with van der Waals surface area (Å²) >= 11 is 1.49. The molecule has 0 saturated heterocycles. The van der Waals surface area contributed by atoms with Crippen LogP contribution in [0.3, 0.4) is 0 Å². The molecule has 0 aliphatic rings. The molecule has 0 fully saturated rings. The van der Waals surface area contributed by atoms with Crippen LogP contribution >= 0.6 is 11.3 Å². The van der Waals surface area contributed by atoms with E-state index in [1.165, 1.54) is 16.9 Å². The number of aromatic nitrogens is 5. The van der Waals surface area contributed by atoms with Gasteiger partial charge >= 0.3 is 0 Å². The molecule has 4 aromatic rings. The van der Waals surface area contributed by atoms with Crippen LogP contribution in [-0.4, -0.2) is 37.7 Å². The van der Waals surface area contributed by atoms with Gasteiger partial charge in [0.05, 0.1) is 19.2 Å². The number of H-pyrrole nitrogens is 1. The van der Waals surface area contributed by atoms with Gasteiger partial charge in [-0.15, -0.1) is 16.4 Å². The van der Waals surface area contributed by atoms with Crippen molar-refractivity contribution in [1.82, 2.24) is 24.7 Å². The van der Waals surface area contributed by atoms with Gasteiger partial charge in [-0.25, -0.2) is 4.98 Å². The highest BCUT2D eigenvalue weighted by molar-refractivity contribution is 7.12. The molecule has 0 atom stereocenters. The molecule has 8 nitrogen and oxygen atoms in total. The molecule has 0 aliphatic carbocycles. The Kier molecular flexibility index (Phi) is 5.66. The van der Waals surface area contributed by atoms with Crippen molar-refractivity contribution in [2.75, 3.05) is 12.4 Å². The number of amides is 1. The van der Waals surface area contributed by atoms with E-state index in [2.05, 4.69) is 25.5 Å². The van der Waals surface area contributed by atoms with Crippen LogP contribution in [0.4, 0.5) is 5.95 Å². The Morgan fingerprint density at radius 1 is 1.17 bits per heavy atom. The lowest BCUT2D eigenvalue weighted by Gasteiger charge is -2.02. The lowest BCUT2D eigenvalue weighted by atomic mass is 10.1. The van der Waals surface area contributed by atoms with E-state index in [9.17, 15) is 4.79 Å². The number of aromatic amines is 1. The Morgan fingerprint density at radius 3 is 2.72 bits per heavy atom. The van der Waals surface area contributed by atoms with Gasteiger partial charge in [0.1, 0.15) is 11.6 Å². The van der Waals surface area contributed by atoms with Gasteiger partial charge in [0, 0.05) is 24.2 Å². The molecule has 9 heteroatoms. The number of thiazole rings is 1. The molecule has 3 heterocycles. The monoisotopic (exact) mass is 408 g/mol. The Hall–Kier alpha value is -3.46. The normalized spacial score (nSPS) is 10.8. The Labute approximate surface area is 171 Å². The molecule has 1 amide bonds. The number of anilines is 1. The summed E-state index contributed by atoms with van der Waals surface area (Å²) in [5.74, 6) is 1.63. The fraction of sp³-hybridized carbons (Fsp3) is 0.200. The molecule has 1 aromatic carbocycles. The second-order valence-electron chi connectivity index (χ2n) is 6.39. The number of hydrogen-bond donors (Lipinski definition) is 2. The first-order valence-electron chi connectivity index (χ1n) is 9.11. The smallest absolute Gasteiger partial charge is 0.248 e. The highest BCUT2D eigenvalue weighted by atomic mass is 32.1. The summed E-state index contributed by atoms with van der Waals surface area (Å²) in [5, 5.41) is 12.4. The summed E-state index contributed by atoms with van der Waals surface area (Å²) in [6.07, 6.45) is 5.52. The quantitative estimate of drug-likeness (QED) is 0.467. The fourth-order valence-corrected chi connectivity index (χ4v) is 3.60. The maximum atomic E-state index is 12.3. The van der Waals surface area contributed by atoms with E-state index in [1.54, 1.807) is 7.11 Å². The molecule has 2 N–H and O–H groups in total. The summed E-state index contributed by atoms with van der Waals surface area (Å²) in [6, 6.07) is 11.8. The van der Waals surface area contributed by atoms with Crippen molar-refractivity contribution in [1.29, 1.82) is 0 Å². The van der Waals surface area contributed by atoms with Crippen molar-refractivity contribution >= 4 is 23.2 Å². The lowest BCUT2D eigenvalue weighted by Crippen LogP contribution is -2.15. The number of methoxy groups -OCH3 is 1. The van der Waals surface area contributed by atoms with E-state index in [-0.39, 0.29) is 18.3 Å². The Balaban J connectivity index is 1.28. The van der Waals surface area contributed by atoms with Gasteiger partial charge in [-0.2, -0.15) is 4.98 Å². The average Bonchev–Trinajstić information content (AvgIpc) is 3.48. The minimum Gasteiger partial charge on any atom is -0.497 e. The van der Waals surface area contributed by atoms with Crippen molar-refractivity contribution in [3.05, 3.63) is 71.3 Å². The molecule has 0 saturated carbocycles. The summed E-state index contributed by atoms with van der Waals surface area (Å²) in [6.45, 7) is 0. The molecule has 0 bridgehead atoms. The molecule has 3 aromatic heterocycles. The van der Waals surface area contributed by atoms with E-state index in [1.807, 2.05) is 58.7 Å². The second-order valence-corrected chi connectivity index (χ2v) is 7.23. The van der Waals surface area contributed by atoms with Crippen LogP contribution in [0.15, 0.2) is 54.2 Å². The number of ether oxygens (including phenoxy) is 1. The number of benzene rings is 1. The van der Waals surface area contributed by atoms with Crippen molar-refractivity contribution in [2.45, 2.75) is 19.3 Å². The van der Waals surface area contributed by atoms with Gasteiger partial charge in [0.25, 0.3) is 0 Å². The van der Waals surface area contributed by atoms with Crippen molar-refractivity contribution in [2.24, 2.45) is 0 Å². The Morgan fingerprint density at radius 2 is 1.97 bits per heavy atom. The van der Waals surface area contributed by atoms with E-state index in [0.717, 1.165) is 23.1 Å². The molecule has 0 spiro atoms. The Bertz CT molecular complexity index is 1070. The van der Waals surface area contributed by atoms with E-state index in [4.69, 9.17) is 4.74 Å². The van der Waals surface area contributed by atoms with Crippen LogP contribution in [0.2, 0.25) is 0 Å². The summed E-state index contributed by atoms with van der Waals surface area (Å²) in [7, 11) is 1.65. The van der Waals surface area contributed by atoms with Crippen LogP contribution in [0.25, 0.3) is 5.13 Å². The maximum absolute atomic E-state index is 12.3. The lowest BCUT2D eigenvalue weighted by molar-refractivity contribution is -0.115. The first-order chi connectivity index (χ1) is 14.2. The standard InChI is InChI=1S/C20H20N6O2S/c1-28-16-7-4-14(5-8-16)6-9-17-22-19(25-24-17)23-18(27)12-15-13-29-20(21-15)26-10-2-3-11-26/h2-5,7-8,10-11,13H,6,9,12H2,1H3,(H2,22,23,24,25,27). The third-order valence-electron chi connectivity index (χ3n) is 4.30. The maximum Gasteiger partial charge on any atom is 0.248 e. The minimum atomic E-state index is -0.199. The highest BCUT2D eigenvalue weighted by Gasteiger charge is 2.11. The third kappa shape index (κ3) is 4.88. The molecule has 0 aliphatic heterocycles. The molecule has 0 radical (unpaired) electrons. The van der Waals surface area contributed by atoms with Gasteiger partial charge in [0.15, 0.2) is 5.13 Å². The summed E-state index contributed by atoms with van der Waals surface area (Å²) in [4.78, 5) is 21.1. The zero-order valence-electron chi connectivity index (χ0n) is 15.8. The minimum absolute atomic E-state index is 0.174. The summed E-state index contributed by atoms with van der Waals surface area (Å²) < 4.78 is 7.07. The molecule has 148 valence electrons. The molecule has 29 heavy (non-hydrogen) atoms. The topological polar surface area (TPSA) is 97.7 Å². The number of aryl methyl sites for hydroxylation is 2. The van der Waals surface area contributed by atoms with Crippen LogP contribution < -0.4 is 10.1 Å². The zero-order chi connectivity index (χ0) is 20.1. The van der Waals surface area contributed by atoms with Gasteiger partial charge < -0.3 is 9.30 Å². The largest absolute Gasteiger partial charge is 0.497 e. The number of nitrogens with zero attached hydrogens (tertiary/aromatic N) is 4. The predicted octanol–water partition coefficient (Wildman–Crippen LogP) is 3.03. The van der Waals surface area contributed by atoms with Crippen LogP contribution in [0, 0.1) is 0 Å². The number of rotatable bonds is 8. The highest BCUT2D eigenvalue weighted by Crippen LogP contribution is 2.16. The van der Waals surface area contributed by atoms with Crippen molar-refractivity contribution in [3.8, 4) is 10.9 Å². The van der Waals surface area contributed by atoms with Crippen molar-refractivity contribution < 1.29 is 9.53 Å². The zero-order valence-corrected chi connectivity index (χ0v) is 16.6. The second kappa shape index (κ2) is 8.70. The van der Waals surface area contributed by atoms with Gasteiger partial charge in [-0.1, -0.05) is 12.1 Å². The number of carbonyl (C=O) groups is 1. The molecule has 4 rings (SSSR count). The third-order valence-corrected chi connectivity index (χ3v) is 5.20.